The number of carbonyl (C=O) groups excluding carboxylic acids is 1. The van der Waals surface area contributed by atoms with Crippen LogP contribution in [0.5, 0.6) is 0 Å². The molecule has 0 aromatic carbocycles. The Kier molecular flexibility index (Phi) is 7.26. The topological polar surface area (TPSA) is 26.3 Å². The molecule has 4 aliphatic carbocycles. The summed E-state index contributed by atoms with van der Waals surface area (Å²) in [6.07, 6.45) is 8.89. The van der Waals surface area contributed by atoms with E-state index in [0.29, 0.717) is 30.1 Å². The molecule has 4 aliphatic rings. The van der Waals surface area contributed by atoms with Crippen molar-refractivity contribution in [3.05, 3.63) is 11.6 Å². The predicted octanol–water partition coefficient (Wildman–Crippen LogP) is 8.50. The van der Waals surface area contributed by atoms with Crippen molar-refractivity contribution in [2.45, 2.75) is 118 Å². The Bertz CT molecular complexity index is 787. The molecular weight excluding hydrogens is 437 g/mol. The van der Waals surface area contributed by atoms with Gasteiger partial charge in [0.25, 0.3) is 0 Å². The van der Waals surface area contributed by atoms with Crippen molar-refractivity contribution in [1.82, 2.24) is 0 Å². The maximum absolute atomic E-state index is 12.7. The summed E-state index contributed by atoms with van der Waals surface area (Å²) in [4.78, 5) is 11.4. The van der Waals surface area contributed by atoms with Crippen molar-refractivity contribution in [3.63, 3.8) is 0 Å². The van der Waals surface area contributed by atoms with Crippen LogP contribution in [-0.2, 0) is 9.53 Å². The van der Waals surface area contributed by atoms with Crippen molar-refractivity contribution >= 4 is 5.97 Å². The highest BCUT2D eigenvalue weighted by atomic mass is 19.4. The quantitative estimate of drug-likeness (QED) is 0.280. The highest BCUT2D eigenvalue weighted by Crippen LogP contribution is 2.67. The third kappa shape index (κ3) is 4.71. The third-order valence-corrected chi connectivity index (χ3v) is 10.8. The summed E-state index contributed by atoms with van der Waals surface area (Å²) < 4.78 is 42.9. The van der Waals surface area contributed by atoms with E-state index in [4.69, 9.17) is 4.74 Å². The van der Waals surface area contributed by atoms with Crippen molar-refractivity contribution < 1.29 is 22.7 Å². The van der Waals surface area contributed by atoms with Gasteiger partial charge in [0.05, 0.1) is 0 Å². The minimum atomic E-state index is -4.91. The molecule has 0 radical (unpaired) electrons. The van der Waals surface area contributed by atoms with Gasteiger partial charge < -0.3 is 4.74 Å². The van der Waals surface area contributed by atoms with Crippen molar-refractivity contribution in [2.24, 2.45) is 46.3 Å². The zero-order valence-corrected chi connectivity index (χ0v) is 21.8. The van der Waals surface area contributed by atoms with Crippen LogP contribution in [0.25, 0.3) is 0 Å². The van der Waals surface area contributed by atoms with Crippen molar-refractivity contribution in [1.29, 1.82) is 0 Å². The monoisotopic (exact) mass is 482 g/mol. The number of hydrogen-bond acceptors (Lipinski definition) is 2. The molecule has 0 N–H and O–H groups in total. The summed E-state index contributed by atoms with van der Waals surface area (Å²) in [7, 11) is 0. The molecule has 4 rings (SSSR count). The summed E-state index contributed by atoms with van der Waals surface area (Å²) in [5.41, 5.74) is 1.73. The smallest absolute Gasteiger partial charge is 0.455 e. The molecule has 0 unspecified atom stereocenters. The molecule has 5 heteroatoms. The van der Waals surface area contributed by atoms with Gasteiger partial charge in [-0.05, 0) is 91.3 Å². The highest BCUT2D eigenvalue weighted by molar-refractivity contribution is 5.75. The van der Waals surface area contributed by atoms with Gasteiger partial charge in [0, 0.05) is 6.42 Å². The first kappa shape index (κ1) is 26.1. The minimum Gasteiger partial charge on any atom is -0.455 e. The largest absolute Gasteiger partial charge is 0.490 e. The van der Waals surface area contributed by atoms with Crippen LogP contribution >= 0.6 is 0 Å². The summed E-state index contributed by atoms with van der Waals surface area (Å²) in [6.45, 7) is 12.1. The van der Waals surface area contributed by atoms with Gasteiger partial charge in [0.2, 0.25) is 0 Å². The van der Waals surface area contributed by atoms with Gasteiger partial charge in [-0.2, -0.15) is 13.2 Å². The normalized spacial score (nSPS) is 40.7. The van der Waals surface area contributed by atoms with Gasteiger partial charge in [-0.15, -0.1) is 0 Å². The summed E-state index contributed by atoms with van der Waals surface area (Å²) in [6, 6.07) is 0. The Hall–Kier alpha value is -1.00. The molecule has 0 amide bonds. The van der Waals surface area contributed by atoms with Gasteiger partial charge in [0.15, 0.2) is 0 Å². The molecule has 34 heavy (non-hydrogen) atoms. The Labute approximate surface area is 204 Å². The Morgan fingerprint density at radius 1 is 1.06 bits per heavy atom. The molecule has 0 aromatic heterocycles. The van der Waals surface area contributed by atoms with E-state index in [1.54, 1.807) is 0 Å². The molecule has 3 fully saturated rings. The Morgan fingerprint density at radius 2 is 1.79 bits per heavy atom. The number of fused-ring (bicyclic) bond motifs is 5. The van der Waals surface area contributed by atoms with Crippen LogP contribution in [-0.4, -0.2) is 18.2 Å². The first-order valence-corrected chi connectivity index (χ1v) is 13.8. The average Bonchev–Trinajstić information content (AvgIpc) is 3.10. The van der Waals surface area contributed by atoms with Crippen LogP contribution < -0.4 is 0 Å². The fraction of sp³-hybridized carbons (Fsp3) is 0.897. The average molecular weight is 483 g/mol. The van der Waals surface area contributed by atoms with Crippen LogP contribution in [0.4, 0.5) is 13.2 Å². The van der Waals surface area contributed by atoms with Gasteiger partial charge in [-0.1, -0.05) is 65.5 Å². The molecule has 194 valence electrons. The first-order chi connectivity index (χ1) is 15.9. The van der Waals surface area contributed by atoms with Gasteiger partial charge in [0.1, 0.15) is 6.10 Å². The molecule has 8 atom stereocenters. The summed E-state index contributed by atoms with van der Waals surface area (Å²) in [5.74, 6) is 2.42. The Balaban J connectivity index is 1.44. The number of hydrogen-bond donors (Lipinski definition) is 0. The molecule has 0 aliphatic heterocycles. The van der Waals surface area contributed by atoms with Crippen LogP contribution in [0.3, 0.4) is 0 Å². The summed E-state index contributed by atoms with van der Waals surface area (Å²) in [5, 5.41) is 0. The number of ether oxygens (including phenoxy) is 1. The lowest BCUT2D eigenvalue weighted by Gasteiger charge is -2.58. The highest BCUT2D eigenvalue weighted by Gasteiger charge is 2.59. The standard InChI is InChI=1S/C29H45F3O2/c1-18(2)7-6-8-19(3)23-11-12-24-22-10-9-20-17-21(34-26(33)29(30,31)32)13-15-27(20,4)25(22)14-16-28(23,24)5/h9,18-19,21-25H,6-8,10-17H2,1-5H3/t19-,21+,22-,23+,24-,25-,27+,28+/m1/s1. The molecule has 0 spiro atoms. The molecule has 0 saturated heterocycles. The molecular formula is C29H45F3O2. The summed E-state index contributed by atoms with van der Waals surface area (Å²) >= 11 is 0. The number of rotatable bonds is 6. The predicted molar refractivity (Wildman–Crippen MR) is 129 cm³/mol. The maximum Gasteiger partial charge on any atom is 0.490 e. The second kappa shape index (κ2) is 9.47. The van der Waals surface area contributed by atoms with Crippen LogP contribution in [0.2, 0.25) is 0 Å². The number of carbonyl (C=O) groups is 1. The number of alkyl halides is 3. The maximum atomic E-state index is 12.7. The number of halogens is 3. The second-order valence-corrected chi connectivity index (χ2v) is 13.1. The minimum absolute atomic E-state index is 0.0480. The van der Waals surface area contributed by atoms with Gasteiger partial charge in [-0.3, -0.25) is 0 Å². The van der Waals surface area contributed by atoms with E-state index in [2.05, 4.69) is 40.7 Å². The van der Waals surface area contributed by atoms with Crippen LogP contribution in [0, 0.1) is 46.3 Å². The lowest BCUT2D eigenvalue weighted by atomic mass is 9.47. The van der Waals surface area contributed by atoms with Crippen LogP contribution in [0.15, 0.2) is 11.6 Å². The van der Waals surface area contributed by atoms with E-state index in [9.17, 15) is 18.0 Å². The van der Waals surface area contributed by atoms with Crippen LogP contribution in [0.1, 0.15) is 105 Å². The zero-order valence-electron chi connectivity index (χ0n) is 21.8. The molecule has 0 heterocycles. The van der Waals surface area contributed by atoms with Gasteiger partial charge in [-0.25, -0.2) is 4.79 Å². The fourth-order valence-corrected chi connectivity index (χ4v) is 8.97. The van der Waals surface area contributed by atoms with Crippen molar-refractivity contribution in [3.8, 4) is 0 Å². The van der Waals surface area contributed by atoms with E-state index in [0.717, 1.165) is 36.5 Å². The van der Waals surface area contributed by atoms with E-state index in [1.807, 2.05) is 0 Å². The molecule has 0 aromatic rings. The van der Waals surface area contributed by atoms with Crippen molar-refractivity contribution in [2.75, 3.05) is 0 Å². The number of esters is 1. The lowest BCUT2D eigenvalue weighted by Crippen LogP contribution is -2.51. The molecule has 0 bridgehead atoms. The van der Waals surface area contributed by atoms with E-state index in [1.165, 1.54) is 50.5 Å². The van der Waals surface area contributed by atoms with E-state index < -0.39 is 18.2 Å². The molecule has 2 nitrogen and oxygen atoms in total. The fourth-order valence-electron chi connectivity index (χ4n) is 8.97. The SMILES string of the molecule is CC(C)CCC[C@@H](C)[C@@H]1CC[C@@H]2[C@H]3CC=C4C[C@@H](OC(=O)C(F)(F)F)CC[C@]4(C)[C@@H]3CC[C@]21C. The molecule has 3 saturated carbocycles. The van der Waals surface area contributed by atoms with E-state index >= 15 is 0 Å². The second-order valence-electron chi connectivity index (χ2n) is 13.1. The first-order valence-electron chi connectivity index (χ1n) is 13.8. The number of allylic oxidation sites excluding steroid dienone is 1. The Morgan fingerprint density at radius 3 is 2.47 bits per heavy atom. The van der Waals surface area contributed by atoms with E-state index in [-0.39, 0.29) is 5.41 Å². The van der Waals surface area contributed by atoms with Gasteiger partial charge >= 0.3 is 12.1 Å². The lowest BCUT2D eigenvalue weighted by molar-refractivity contribution is -0.206. The zero-order chi connectivity index (χ0) is 24.9. The third-order valence-electron chi connectivity index (χ3n) is 10.8.